The average molecular weight is 337 g/mol. The van der Waals surface area contributed by atoms with E-state index in [4.69, 9.17) is 0 Å². The first-order valence-corrected chi connectivity index (χ1v) is 10.9. The number of rotatable bonds is 10. The quantitative estimate of drug-likeness (QED) is 0.337. The third-order valence-electron chi connectivity index (χ3n) is 3.60. The van der Waals surface area contributed by atoms with E-state index >= 15 is 0 Å². The van der Waals surface area contributed by atoms with Gasteiger partial charge in [-0.05, 0) is 19.3 Å². The van der Waals surface area contributed by atoms with Crippen molar-refractivity contribution in [3.8, 4) is 0 Å². The van der Waals surface area contributed by atoms with Gasteiger partial charge >= 0.3 is 6.03 Å². The zero-order valence-corrected chi connectivity index (χ0v) is 16.2. The number of carbonyl (C=O) groups is 1. The van der Waals surface area contributed by atoms with Crippen LogP contribution in [0.15, 0.2) is 5.29 Å². The Morgan fingerprint density at radius 3 is 1.45 bits per heavy atom. The highest BCUT2D eigenvalue weighted by Gasteiger charge is 2.28. The molecule has 7 heteroatoms. The van der Waals surface area contributed by atoms with Gasteiger partial charge in [0.05, 0.1) is 23.8 Å². The molecule has 0 heterocycles. The molecule has 0 bridgehead atoms. The van der Waals surface area contributed by atoms with Crippen LogP contribution in [0.3, 0.4) is 0 Å². The van der Waals surface area contributed by atoms with E-state index in [2.05, 4.69) is 38.5 Å². The zero-order valence-electron chi connectivity index (χ0n) is 15.3. The molecule has 0 aliphatic rings. The lowest BCUT2D eigenvalue weighted by Crippen LogP contribution is -2.26. The first kappa shape index (κ1) is 26.2. The summed E-state index contributed by atoms with van der Waals surface area (Å²) in [5.41, 5.74) is 4.54. The Hall–Kier alpha value is -0.740. The third-order valence-corrected chi connectivity index (χ3v) is 7.78. The minimum Gasteiger partial charge on any atom is -0.350 e. The number of amides is 2. The lowest BCUT2D eigenvalue weighted by Gasteiger charge is -2.22. The fraction of sp³-hybridized carbons (Fsp3) is 0.933. The van der Waals surface area contributed by atoms with Crippen molar-refractivity contribution in [3.63, 3.8) is 0 Å². The van der Waals surface area contributed by atoms with Crippen LogP contribution in [0.4, 0.5) is 4.79 Å². The molecule has 0 fully saturated rings. The number of nitrogens with zero attached hydrogens (tertiary/aromatic N) is 2. The molecule has 134 valence electrons. The van der Waals surface area contributed by atoms with Gasteiger partial charge < -0.3 is 11.9 Å². The van der Waals surface area contributed by atoms with Crippen LogP contribution in [-0.2, 0) is 0 Å². The lowest BCUT2D eigenvalue weighted by atomic mass is 10.4. The van der Waals surface area contributed by atoms with Crippen LogP contribution >= 0.6 is 7.26 Å². The summed E-state index contributed by atoms with van der Waals surface area (Å²) in [6.45, 7) is 9.59. The van der Waals surface area contributed by atoms with E-state index in [1.165, 1.54) is 45.6 Å². The molecule has 0 unspecified atom stereocenters. The fourth-order valence-electron chi connectivity index (χ4n) is 2.00. The van der Waals surface area contributed by atoms with Crippen LogP contribution in [0.25, 0.3) is 0 Å². The summed E-state index contributed by atoms with van der Waals surface area (Å²) in [5.74, 6) is 0. The van der Waals surface area contributed by atoms with Crippen molar-refractivity contribution in [1.29, 1.82) is 0 Å². The number of hydrogen-bond acceptors (Lipinski definition) is 4. The van der Waals surface area contributed by atoms with Gasteiger partial charge in [-0.25, -0.2) is 4.79 Å². The maximum atomic E-state index is 9.78. The van der Waals surface area contributed by atoms with Crippen LogP contribution in [0.1, 0.15) is 59.3 Å². The summed E-state index contributed by atoms with van der Waals surface area (Å²) >= 11 is 0. The summed E-state index contributed by atoms with van der Waals surface area (Å²) in [6, 6.07) is -0.852. The van der Waals surface area contributed by atoms with Crippen molar-refractivity contribution >= 4 is 13.3 Å². The molecule has 0 rings (SSSR count). The summed E-state index contributed by atoms with van der Waals surface area (Å²) < 4.78 is 0. The summed E-state index contributed by atoms with van der Waals surface area (Å²) in [6.07, 6.45) is 13.2. The Morgan fingerprint density at radius 1 is 1.00 bits per heavy atom. The van der Waals surface area contributed by atoms with Crippen molar-refractivity contribution in [1.82, 2.24) is 11.2 Å². The molecule has 0 aliphatic carbocycles. The number of unbranched alkanes of at least 4 members (excludes halogenated alkanes) is 3. The number of nitroso groups, excluding NO2 is 1. The smallest absolute Gasteiger partial charge is 0.337 e. The van der Waals surface area contributed by atoms with E-state index in [0.717, 1.165) is 0 Å². The molecule has 0 saturated heterocycles. The Labute approximate surface area is 137 Å². The molecule has 5 N–H and O–H groups in total. The van der Waals surface area contributed by atoms with Gasteiger partial charge in [-0.1, -0.05) is 40.0 Å². The molecule has 22 heavy (non-hydrogen) atoms. The van der Waals surface area contributed by atoms with Crippen LogP contribution in [0, 0.1) is 4.91 Å². The van der Waals surface area contributed by atoms with E-state index < -0.39 is 13.3 Å². The number of primary amides is 1. The van der Waals surface area contributed by atoms with E-state index in [-0.39, 0.29) is 6.15 Å². The minimum absolute atomic E-state index is 0. The van der Waals surface area contributed by atoms with Gasteiger partial charge in [0.2, 0.25) is 0 Å². The highest BCUT2D eigenvalue weighted by Crippen LogP contribution is 2.57. The van der Waals surface area contributed by atoms with Crippen molar-refractivity contribution in [2.24, 2.45) is 11.0 Å². The lowest BCUT2D eigenvalue weighted by molar-refractivity contribution is 0.220. The maximum absolute atomic E-state index is 9.78. The number of nitrogens with two attached hydrogens (primary N) is 1. The van der Waals surface area contributed by atoms with Gasteiger partial charge in [0.25, 0.3) is 0 Å². The molecule has 0 radical (unpaired) electrons. The predicted molar refractivity (Wildman–Crippen MR) is 100 cm³/mol. The molecule has 0 aromatic carbocycles. The number of urea groups is 1. The Balaban J connectivity index is -0.000000385. The van der Waals surface area contributed by atoms with Crippen LogP contribution in [0.2, 0.25) is 0 Å². The standard InChI is InChI=1S/C13H30P.C2H5N3O2.H3N/c1-5-8-11-14(4,12-9-6-2)13-10-7-3;1-5(4-7)2(3)6;/h5-13H2,1-4H3;1H3,(H2,3,6);1H3/q+1;;. The molecule has 0 saturated carbocycles. The monoisotopic (exact) mass is 337 g/mol. The second-order valence-corrected chi connectivity index (χ2v) is 10.4. The SMILES string of the molecule is CCCC[P+](C)(CCCC)CCCC.CN(N=O)C(N)=O.N. The predicted octanol–water partition coefficient (Wildman–Crippen LogP) is 4.87. The Morgan fingerprint density at radius 2 is 1.32 bits per heavy atom. The zero-order chi connectivity index (χ0) is 16.7. The van der Waals surface area contributed by atoms with Crippen molar-refractivity contribution < 1.29 is 4.79 Å². The maximum Gasteiger partial charge on any atom is 0.337 e. The molecule has 2 amide bonds. The summed E-state index contributed by atoms with van der Waals surface area (Å²) in [7, 11) is 0.657. The number of carbonyl (C=O) groups excluding carboxylic acids is 1. The molecule has 0 spiro atoms. The molecular weight excluding hydrogens is 299 g/mol. The van der Waals surface area contributed by atoms with E-state index in [9.17, 15) is 9.70 Å². The van der Waals surface area contributed by atoms with Gasteiger partial charge in [-0.15, -0.1) is 4.91 Å². The first-order chi connectivity index (χ1) is 9.86. The Kier molecular flexibility index (Phi) is 19.8. The highest BCUT2D eigenvalue weighted by atomic mass is 31.2. The Bertz CT molecular complexity index is 256. The van der Waals surface area contributed by atoms with Gasteiger partial charge in [0.15, 0.2) is 0 Å². The highest BCUT2D eigenvalue weighted by molar-refractivity contribution is 7.75. The van der Waals surface area contributed by atoms with Gasteiger partial charge in [-0.3, -0.25) is 0 Å². The van der Waals surface area contributed by atoms with Gasteiger partial charge in [0.1, 0.15) is 0 Å². The van der Waals surface area contributed by atoms with Crippen molar-refractivity contribution in [3.05, 3.63) is 4.91 Å². The molecular formula is C15H38N4O2P+. The molecule has 0 aromatic rings. The minimum atomic E-state index is -0.852. The molecule has 6 nitrogen and oxygen atoms in total. The molecule has 0 aliphatic heterocycles. The van der Waals surface area contributed by atoms with Crippen LogP contribution in [0.5, 0.6) is 0 Å². The van der Waals surface area contributed by atoms with Crippen LogP contribution < -0.4 is 11.9 Å². The average Bonchev–Trinajstić information content (AvgIpc) is 2.48. The van der Waals surface area contributed by atoms with Crippen molar-refractivity contribution in [2.45, 2.75) is 59.3 Å². The van der Waals surface area contributed by atoms with E-state index in [1.807, 2.05) is 0 Å². The topological polar surface area (TPSA) is 111 Å². The molecule has 0 aromatic heterocycles. The number of hydrogen-bond donors (Lipinski definition) is 2. The van der Waals surface area contributed by atoms with Crippen molar-refractivity contribution in [2.75, 3.05) is 32.2 Å². The first-order valence-electron chi connectivity index (χ1n) is 8.06. The summed E-state index contributed by atoms with van der Waals surface area (Å²) in [4.78, 5) is 19.1. The normalized spacial score (nSPS) is 10.0. The van der Waals surface area contributed by atoms with Crippen LogP contribution in [-0.4, -0.2) is 43.2 Å². The van der Waals surface area contributed by atoms with Gasteiger partial charge in [-0.2, -0.15) is 5.01 Å². The third kappa shape index (κ3) is 15.6. The van der Waals surface area contributed by atoms with E-state index in [0.29, 0.717) is 5.01 Å². The summed E-state index contributed by atoms with van der Waals surface area (Å²) in [5, 5.41) is 2.70. The van der Waals surface area contributed by atoms with E-state index in [1.54, 1.807) is 18.5 Å². The second-order valence-electron chi connectivity index (χ2n) is 5.79. The van der Waals surface area contributed by atoms with Gasteiger partial charge in [0, 0.05) is 21.0 Å². The fourth-order valence-corrected chi connectivity index (χ4v) is 5.90. The molecule has 0 atom stereocenters. The second kappa shape index (κ2) is 16.6. The largest absolute Gasteiger partial charge is 0.350 e.